The van der Waals surface area contributed by atoms with E-state index >= 15 is 0 Å². The van der Waals surface area contributed by atoms with Crippen LogP contribution in [0.4, 0.5) is 8.78 Å². The third-order valence-corrected chi connectivity index (χ3v) is 3.50. The van der Waals surface area contributed by atoms with Crippen LogP contribution < -0.4 is 5.43 Å². The van der Waals surface area contributed by atoms with E-state index in [9.17, 15) is 23.5 Å². The quantitative estimate of drug-likeness (QED) is 0.916. The summed E-state index contributed by atoms with van der Waals surface area (Å²) in [5.41, 5.74) is -0.928. The van der Waals surface area contributed by atoms with E-state index in [1.165, 1.54) is 18.5 Å². The lowest BCUT2D eigenvalue weighted by Gasteiger charge is -2.12. The van der Waals surface area contributed by atoms with Crippen LogP contribution in [0.3, 0.4) is 0 Å². The highest BCUT2D eigenvalue weighted by molar-refractivity contribution is 5.88. The van der Waals surface area contributed by atoms with E-state index in [1.807, 2.05) is 13.8 Å². The average molecular weight is 321 g/mol. The van der Waals surface area contributed by atoms with Crippen LogP contribution in [0, 0.1) is 17.6 Å². The summed E-state index contributed by atoms with van der Waals surface area (Å²) in [7, 11) is 0. The topological polar surface area (TPSA) is 59.3 Å². The second-order valence-electron chi connectivity index (χ2n) is 5.77. The van der Waals surface area contributed by atoms with Gasteiger partial charge in [-0.05, 0) is 30.0 Å². The molecule has 4 nitrogen and oxygen atoms in total. The first-order valence-corrected chi connectivity index (χ1v) is 7.22. The number of carboxylic acids is 1. The zero-order chi connectivity index (χ0) is 17.1. The highest BCUT2D eigenvalue weighted by atomic mass is 19.2. The fourth-order valence-corrected chi connectivity index (χ4v) is 2.19. The number of aromatic carboxylic acids is 1. The van der Waals surface area contributed by atoms with Crippen LogP contribution >= 0.6 is 0 Å². The second kappa shape index (κ2) is 6.73. The molecule has 2 aromatic rings. The molecule has 1 heterocycles. The van der Waals surface area contributed by atoms with Gasteiger partial charge in [-0.2, -0.15) is 0 Å². The minimum atomic E-state index is -1.35. The fourth-order valence-electron chi connectivity index (χ4n) is 2.19. The molecule has 0 amide bonds. The second-order valence-corrected chi connectivity index (χ2v) is 5.77. The Balaban J connectivity index is 2.58. The molecule has 0 aliphatic rings. The summed E-state index contributed by atoms with van der Waals surface area (Å²) in [5, 5.41) is 9.19. The Hall–Kier alpha value is -2.50. The summed E-state index contributed by atoms with van der Waals surface area (Å²) in [4.78, 5) is 23.6. The molecule has 122 valence electrons. The van der Waals surface area contributed by atoms with E-state index < -0.39 is 28.6 Å². The summed E-state index contributed by atoms with van der Waals surface area (Å²) in [6.45, 7) is 4.57. The highest BCUT2D eigenvalue weighted by Gasteiger charge is 2.16. The first kappa shape index (κ1) is 16.9. The van der Waals surface area contributed by atoms with Crippen molar-refractivity contribution in [2.24, 2.45) is 5.92 Å². The van der Waals surface area contributed by atoms with Crippen molar-refractivity contribution in [2.45, 2.75) is 26.8 Å². The van der Waals surface area contributed by atoms with Crippen molar-refractivity contribution in [2.75, 3.05) is 0 Å². The van der Waals surface area contributed by atoms with E-state index in [4.69, 9.17) is 0 Å². The first-order chi connectivity index (χ1) is 10.8. The lowest BCUT2D eigenvalue weighted by atomic mass is 10.0. The first-order valence-electron chi connectivity index (χ1n) is 7.22. The van der Waals surface area contributed by atoms with Crippen molar-refractivity contribution in [1.82, 2.24) is 4.57 Å². The van der Waals surface area contributed by atoms with Gasteiger partial charge < -0.3 is 9.67 Å². The Morgan fingerprint density at radius 3 is 2.48 bits per heavy atom. The number of hydrogen-bond acceptors (Lipinski definition) is 2. The van der Waals surface area contributed by atoms with Crippen molar-refractivity contribution < 1.29 is 18.7 Å². The molecule has 23 heavy (non-hydrogen) atoms. The molecule has 0 unspecified atom stereocenters. The maximum Gasteiger partial charge on any atom is 0.341 e. The number of aryl methyl sites for hydroxylation is 1. The third-order valence-electron chi connectivity index (χ3n) is 3.50. The molecule has 0 saturated carbocycles. The lowest BCUT2D eigenvalue weighted by molar-refractivity contribution is 0.0694. The summed E-state index contributed by atoms with van der Waals surface area (Å²) in [5.74, 6) is -3.06. The molecule has 0 spiro atoms. The van der Waals surface area contributed by atoms with Crippen molar-refractivity contribution in [3.63, 3.8) is 0 Å². The molecular formula is C17H17F2NO3. The zero-order valence-corrected chi connectivity index (χ0v) is 12.8. The highest BCUT2D eigenvalue weighted by Crippen LogP contribution is 2.19. The smallest absolute Gasteiger partial charge is 0.341 e. The monoisotopic (exact) mass is 321 g/mol. The molecule has 1 aromatic heterocycles. The van der Waals surface area contributed by atoms with E-state index in [0.717, 1.165) is 18.6 Å². The van der Waals surface area contributed by atoms with Gasteiger partial charge in [-0.25, -0.2) is 13.6 Å². The van der Waals surface area contributed by atoms with Crippen LogP contribution in [0.15, 0.2) is 35.4 Å². The largest absolute Gasteiger partial charge is 0.477 e. The van der Waals surface area contributed by atoms with Crippen LogP contribution in [0.2, 0.25) is 0 Å². The van der Waals surface area contributed by atoms with Crippen molar-refractivity contribution in [1.29, 1.82) is 0 Å². The van der Waals surface area contributed by atoms with E-state index in [-0.39, 0.29) is 11.1 Å². The molecule has 0 radical (unpaired) electrons. The van der Waals surface area contributed by atoms with Gasteiger partial charge in [0.15, 0.2) is 11.6 Å². The Morgan fingerprint density at radius 1 is 1.22 bits per heavy atom. The number of carbonyl (C=O) groups is 1. The van der Waals surface area contributed by atoms with E-state index in [1.54, 1.807) is 4.57 Å². The fraction of sp³-hybridized carbons (Fsp3) is 0.294. The number of aromatic nitrogens is 1. The molecule has 6 heteroatoms. The van der Waals surface area contributed by atoms with Crippen LogP contribution in [0.1, 0.15) is 30.6 Å². The number of nitrogens with zero attached hydrogens (tertiary/aromatic N) is 1. The summed E-state index contributed by atoms with van der Waals surface area (Å²) in [6, 6.07) is 3.06. The van der Waals surface area contributed by atoms with E-state index in [2.05, 4.69) is 0 Å². The van der Waals surface area contributed by atoms with Crippen LogP contribution in [-0.4, -0.2) is 15.6 Å². The molecule has 0 atom stereocenters. The minimum Gasteiger partial charge on any atom is -0.477 e. The van der Waals surface area contributed by atoms with Gasteiger partial charge in [0.1, 0.15) is 5.56 Å². The number of carboxylic acid groups (broad SMARTS) is 1. The molecule has 0 aliphatic heterocycles. The number of halogens is 2. The van der Waals surface area contributed by atoms with Gasteiger partial charge in [-0.3, -0.25) is 4.79 Å². The van der Waals surface area contributed by atoms with Crippen LogP contribution in [0.5, 0.6) is 0 Å². The van der Waals surface area contributed by atoms with Crippen molar-refractivity contribution in [3.8, 4) is 11.1 Å². The number of hydrogen-bond donors (Lipinski definition) is 1. The van der Waals surface area contributed by atoms with Gasteiger partial charge in [-0.15, -0.1) is 0 Å². The molecule has 2 rings (SSSR count). The van der Waals surface area contributed by atoms with Crippen LogP contribution in [0.25, 0.3) is 11.1 Å². The summed E-state index contributed by atoms with van der Waals surface area (Å²) < 4.78 is 28.1. The minimum absolute atomic E-state index is 0.0348. The van der Waals surface area contributed by atoms with Crippen LogP contribution in [-0.2, 0) is 6.54 Å². The molecular weight excluding hydrogens is 304 g/mol. The van der Waals surface area contributed by atoms with Crippen molar-refractivity contribution >= 4 is 5.97 Å². The zero-order valence-electron chi connectivity index (χ0n) is 12.8. The Bertz CT molecular complexity index is 797. The van der Waals surface area contributed by atoms with Gasteiger partial charge in [0.25, 0.3) is 0 Å². The number of rotatable bonds is 5. The summed E-state index contributed by atoms with van der Waals surface area (Å²) >= 11 is 0. The third kappa shape index (κ3) is 3.83. The lowest BCUT2D eigenvalue weighted by Crippen LogP contribution is -2.20. The Kier molecular flexibility index (Phi) is 4.93. The maximum atomic E-state index is 13.4. The van der Waals surface area contributed by atoms with Gasteiger partial charge in [-0.1, -0.05) is 19.9 Å². The Morgan fingerprint density at radius 2 is 1.91 bits per heavy atom. The number of benzene rings is 1. The molecule has 0 aliphatic carbocycles. The van der Waals surface area contributed by atoms with Crippen molar-refractivity contribution in [3.05, 3.63) is 58.0 Å². The van der Waals surface area contributed by atoms with E-state index in [0.29, 0.717) is 12.5 Å². The molecule has 0 fully saturated rings. The predicted octanol–water partition coefficient (Wildman–Crippen LogP) is 3.54. The van der Waals surface area contributed by atoms with Gasteiger partial charge in [0.2, 0.25) is 5.43 Å². The van der Waals surface area contributed by atoms with Gasteiger partial charge in [0.05, 0.1) is 0 Å². The predicted molar refractivity (Wildman–Crippen MR) is 82.5 cm³/mol. The maximum absolute atomic E-state index is 13.4. The number of pyridine rings is 1. The molecule has 0 bridgehead atoms. The van der Waals surface area contributed by atoms with Gasteiger partial charge in [0, 0.05) is 24.5 Å². The van der Waals surface area contributed by atoms with Gasteiger partial charge >= 0.3 is 5.97 Å². The molecule has 1 aromatic carbocycles. The normalized spacial score (nSPS) is 11.0. The standard InChI is InChI=1S/C17H17F2NO3/c1-10(2)5-6-20-8-12(16(21)13(9-20)17(22)23)11-3-4-14(18)15(19)7-11/h3-4,7-10H,5-6H2,1-2H3,(H,22,23). The molecule has 1 N–H and O–H groups in total. The molecule has 0 saturated heterocycles. The summed E-state index contributed by atoms with van der Waals surface area (Å²) in [6.07, 6.45) is 3.54. The SMILES string of the molecule is CC(C)CCn1cc(C(=O)O)c(=O)c(-c2ccc(F)c(F)c2)c1. The Labute approximate surface area is 132 Å². The average Bonchev–Trinajstić information content (AvgIpc) is 2.48.